The maximum atomic E-state index is 6.32. The van der Waals surface area contributed by atoms with Crippen LogP contribution in [0.5, 0.6) is 0 Å². The van der Waals surface area contributed by atoms with Gasteiger partial charge in [0.05, 0.1) is 13.2 Å². The molecule has 0 atom stereocenters. The van der Waals surface area contributed by atoms with E-state index in [2.05, 4.69) is 51.4 Å². The summed E-state index contributed by atoms with van der Waals surface area (Å²) >= 11 is 6.32. The zero-order valence-electron chi connectivity index (χ0n) is 18.8. The van der Waals surface area contributed by atoms with Gasteiger partial charge in [-0.2, -0.15) is 0 Å². The first-order chi connectivity index (χ1) is 14.5. The molecule has 0 aliphatic carbocycles. The second-order valence-corrected chi connectivity index (χ2v) is 9.44. The third-order valence-corrected chi connectivity index (χ3v) is 6.77. The first-order valence-electron chi connectivity index (χ1n) is 11.2. The van der Waals surface area contributed by atoms with Crippen LogP contribution in [0.3, 0.4) is 0 Å². The van der Waals surface area contributed by atoms with E-state index in [0.29, 0.717) is 5.92 Å². The predicted octanol–water partition coefficient (Wildman–Crippen LogP) is 2.83. The highest BCUT2D eigenvalue weighted by atomic mass is 35.5. The predicted molar refractivity (Wildman–Crippen MR) is 125 cm³/mol. The van der Waals surface area contributed by atoms with Crippen LogP contribution in [0.25, 0.3) is 0 Å². The van der Waals surface area contributed by atoms with E-state index in [9.17, 15) is 0 Å². The number of nitrogens with zero attached hydrogens (tertiary/aromatic N) is 3. The zero-order chi connectivity index (χ0) is 21.4. The normalized spacial score (nSPS) is 20.3. The van der Waals surface area contributed by atoms with Gasteiger partial charge < -0.3 is 15.4 Å². The van der Waals surface area contributed by atoms with Crippen molar-refractivity contribution < 1.29 is 4.74 Å². The number of piperidine rings is 1. The number of morpholine rings is 1. The molecular formula is C23H38ClN5O. The first-order valence-corrected chi connectivity index (χ1v) is 11.6. The number of nitrogens with one attached hydrogen (secondary N) is 2. The molecule has 6 nitrogen and oxygen atoms in total. The van der Waals surface area contributed by atoms with Crippen molar-refractivity contribution in [3.63, 3.8) is 0 Å². The highest BCUT2D eigenvalue weighted by molar-refractivity contribution is 6.31. The van der Waals surface area contributed by atoms with Crippen LogP contribution < -0.4 is 10.6 Å². The summed E-state index contributed by atoms with van der Waals surface area (Å²) < 4.78 is 5.49. The summed E-state index contributed by atoms with van der Waals surface area (Å²) in [5, 5.41) is 7.94. The van der Waals surface area contributed by atoms with Crippen molar-refractivity contribution in [2.45, 2.75) is 38.8 Å². The summed E-state index contributed by atoms with van der Waals surface area (Å²) in [5.41, 5.74) is 1.30. The van der Waals surface area contributed by atoms with Crippen LogP contribution >= 0.6 is 11.6 Å². The number of hydrogen-bond acceptors (Lipinski definition) is 4. The third-order valence-electron chi connectivity index (χ3n) is 6.40. The molecule has 0 aromatic heterocycles. The molecule has 0 amide bonds. The Bertz CT molecular complexity index is 682. The average Bonchev–Trinajstić information content (AvgIpc) is 2.77. The Morgan fingerprint density at radius 1 is 1.13 bits per heavy atom. The third kappa shape index (κ3) is 6.84. The molecule has 2 heterocycles. The number of rotatable bonds is 7. The maximum Gasteiger partial charge on any atom is 0.191 e. The van der Waals surface area contributed by atoms with E-state index in [-0.39, 0.29) is 5.54 Å². The summed E-state index contributed by atoms with van der Waals surface area (Å²) in [7, 11) is 1.85. The van der Waals surface area contributed by atoms with Gasteiger partial charge in [0.2, 0.25) is 0 Å². The highest BCUT2D eigenvalue weighted by Gasteiger charge is 2.28. The lowest BCUT2D eigenvalue weighted by Gasteiger charge is -2.41. The molecule has 0 radical (unpaired) electrons. The molecular weight excluding hydrogens is 398 g/mol. The van der Waals surface area contributed by atoms with Crippen molar-refractivity contribution in [2.24, 2.45) is 10.9 Å². The summed E-state index contributed by atoms with van der Waals surface area (Å²) in [4.78, 5) is 9.43. The highest BCUT2D eigenvalue weighted by Crippen LogP contribution is 2.22. The fourth-order valence-electron chi connectivity index (χ4n) is 4.26. The zero-order valence-corrected chi connectivity index (χ0v) is 19.5. The molecule has 2 fully saturated rings. The largest absolute Gasteiger partial charge is 0.379 e. The van der Waals surface area contributed by atoms with Crippen LogP contribution in [-0.2, 0) is 11.3 Å². The molecule has 0 spiro atoms. The van der Waals surface area contributed by atoms with Gasteiger partial charge in [0.1, 0.15) is 0 Å². The van der Waals surface area contributed by atoms with E-state index in [1.807, 2.05) is 19.2 Å². The number of likely N-dealkylation sites (tertiary alicyclic amines) is 1. The molecule has 168 valence electrons. The summed E-state index contributed by atoms with van der Waals surface area (Å²) in [6.07, 6.45) is 2.40. The van der Waals surface area contributed by atoms with Crippen LogP contribution in [-0.4, -0.2) is 80.8 Å². The lowest BCUT2D eigenvalue weighted by molar-refractivity contribution is -0.00834. The van der Waals surface area contributed by atoms with Gasteiger partial charge >= 0.3 is 0 Å². The minimum atomic E-state index is 0.0749. The number of ether oxygens (including phenoxy) is 1. The van der Waals surface area contributed by atoms with Crippen LogP contribution in [0.1, 0.15) is 32.3 Å². The van der Waals surface area contributed by atoms with Crippen molar-refractivity contribution in [3.8, 4) is 0 Å². The van der Waals surface area contributed by atoms with E-state index >= 15 is 0 Å². The molecule has 1 aromatic carbocycles. The number of aliphatic imine (C=N–C) groups is 1. The average molecular weight is 436 g/mol. The van der Waals surface area contributed by atoms with Crippen molar-refractivity contribution in [3.05, 3.63) is 34.9 Å². The molecule has 2 aliphatic heterocycles. The van der Waals surface area contributed by atoms with Gasteiger partial charge in [-0.25, -0.2) is 0 Å². The number of halogens is 1. The Morgan fingerprint density at radius 2 is 1.83 bits per heavy atom. The number of hydrogen-bond donors (Lipinski definition) is 2. The Balaban J connectivity index is 1.37. The van der Waals surface area contributed by atoms with E-state index in [0.717, 1.165) is 70.0 Å². The van der Waals surface area contributed by atoms with Crippen molar-refractivity contribution in [1.29, 1.82) is 0 Å². The van der Waals surface area contributed by atoms with Crippen molar-refractivity contribution in [1.82, 2.24) is 20.4 Å². The van der Waals surface area contributed by atoms with Gasteiger partial charge in [0.25, 0.3) is 0 Å². The van der Waals surface area contributed by atoms with Crippen LogP contribution in [0.15, 0.2) is 29.3 Å². The van der Waals surface area contributed by atoms with Gasteiger partial charge in [-0.1, -0.05) is 29.8 Å². The Hall–Kier alpha value is -1.34. The molecule has 1 aromatic rings. The Kier molecular flexibility index (Phi) is 8.81. The molecule has 0 unspecified atom stereocenters. The smallest absolute Gasteiger partial charge is 0.191 e. The summed E-state index contributed by atoms with van der Waals surface area (Å²) in [5.74, 6) is 1.58. The second kappa shape index (κ2) is 11.3. The quantitative estimate of drug-likeness (QED) is 0.509. The lowest BCUT2D eigenvalue weighted by Crippen LogP contribution is -2.56. The van der Waals surface area contributed by atoms with Crippen molar-refractivity contribution >= 4 is 17.6 Å². The molecule has 0 saturated carbocycles. The Labute approximate surface area is 187 Å². The molecule has 2 aliphatic rings. The van der Waals surface area contributed by atoms with E-state index in [1.165, 1.54) is 18.4 Å². The molecule has 2 N–H and O–H groups in total. The SMILES string of the molecule is CN=C(NCC1CCN(Cc2ccccc2Cl)CC1)NCC(C)(C)N1CCOCC1. The van der Waals surface area contributed by atoms with E-state index < -0.39 is 0 Å². The minimum absolute atomic E-state index is 0.0749. The summed E-state index contributed by atoms with van der Waals surface area (Å²) in [6.45, 7) is 13.2. The monoisotopic (exact) mass is 435 g/mol. The standard InChI is InChI=1S/C23H38ClN5O/c1-23(2,29-12-14-30-15-13-29)18-27-22(25-3)26-16-19-8-10-28(11-9-19)17-20-6-4-5-7-21(20)24/h4-7,19H,8-18H2,1-3H3,(H2,25,26,27). The van der Waals surface area contributed by atoms with Crippen LogP contribution in [0, 0.1) is 5.92 Å². The van der Waals surface area contributed by atoms with Gasteiger partial charge in [-0.15, -0.1) is 0 Å². The Morgan fingerprint density at radius 3 is 2.50 bits per heavy atom. The molecule has 30 heavy (non-hydrogen) atoms. The van der Waals surface area contributed by atoms with Crippen molar-refractivity contribution in [2.75, 3.05) is 59.5 Å². The fraction of sp³-hybridized carbons (Fsp3) is 0.696. The molecule has 2 saturated heterocycles. The van der Waals surface area contributed by atoms with Crippen LogP contribution in [0.2, 0.25) is 5.02 Å². The van der Waals surface area contributed by atoms with Gasteiger partial charge in [-0.3, -0.25) is 14.8 Å². The minimum Gasteiger partial charge on any atom is -0.379 e. The molecule has 3 rings (SSSR count). The van der Waals surface area contributed by atoms with Gasteiger partial charge in [0.15, 0.2) is 5.96 Å². The molecule has 7 heteroatoms. The topological polar surface area (TPSA) is 52.1 Å². The van der Waals surface area contributed by atoms with Gasteiger partial charge in [-0.05, 0) is 57.3 Å². The van der Waals surface area contributed by atoms with Gasteiger partial charge in [0, 0.05) is 50.3 Å². The number of guanidine groups is 1. The van der Waals surface area contributed by atoms with E-state index in [1.54, 1.807) is 0 Å². The second-order valence-electron chi connectivity index (χ2n) is 9.03. The maximum absolute atomic E-state index is 6.32. The fourth-order valence-corrected chi connectivity index (χ4v) is 4.45. The van der Waals surface area contributed by atoms with Crippen LogP contribution in [0.4, 0.5) is 0 Å². The summed E-state index contributed by atoms with van der Waals surface area (Å²) in [6, 6.07) is 8.17. The first kappa shape index (κ1) is 23.3. The van der Waals surface area contributed by atoms with E-state index in [4.69, 9.17) is 16.3 Å². The molecule has 0 bridgehead atoms. The lowest BCUT2D eigenvalue weighted by atomic mass is 9.96. The number of benzene rings is 1.